The Balaban J connectivity index is 1.79. The lowest BCUT2D eigenvalue weighted by molar-refractivity contribution is 0.194. The van der Waals surface area contributed by atoms with Crippen LogP contribution in [0.2, 0.25) is 0 Å². The highest BCUT2D eigenvalue weighted by Crippen LogP contribution is 2.34. The lowest BCUT2D eigenvalue weighted by Crippen LogP contribution is -2.23. The summed E-state index contributed by atoms with van der Waals surface area (Å²) in [5.41, 5.74) is 7.37. The number of amides is 1. The summed E-state index contributed by atoms with van der Waals surface area (Å²) in [6.07, 6.45) is 0.272. The van der Waals surface area contributed by atoms with E-state index >= 15 is 0 Å². The van der Waals surface area contributed by atoms with Crippen LogP contribution in [0.1, 0.15) is 36.4 Å². The van der Waals surface area contributed by atoms with E-state index in [1.165, 1.54) is 11.1 Å². The fourth-order valence-electron chi connectivity index (χ4n) is 4.11. The molecule has 0 unspecified atom stereocenters. The first-order chi connectivity index (χ1) is 15.3. The maximum Gasteiger partial charge on any atom is 0.404 e. The van der Waals surface area contributed by atoms with Gasteiger partial charge in [-0.3, -0.25) is 0 Å². The Morgan fingerprint density at radius 2 is 1.88 bits per heavy atom. The molecule has 7 heteroatoms. The van der Waals surface area contributed by atoms with E-state index in [-0.39, 0.29) is 0 Å². The molecule has 0 aliphatic rings. The Kier molecular flexibility index (Phi) is 5.99. The number of carbonyl (C=O) groups is 1. The quantitative estimate of drug-likeness (QED) is 0.357. The SMILES string of the molecule is Cc1cc(C)cc(-c2[nH]c3ccc(-c4noc(CC(C)C)n4)cc3c2CCNC(=O)O)c1. The van der Waals surface area contributed by atoms with Crippen LogP contribution in [-0.4, -0.2) is 32.9 Å². The first-order valence-electron chi connectivity index (χ1n) is 10.8. The molecule has 0 aliphatic heterocycles. The molecule has 0 atom stereocenters. The number of aryl methyl sites for hydroxylation is 2. The molecule has 0 fully saturated rings. The van der Waals surface area contributed by atoms with Crippen molar-refractivity contribution in [2.24, 2.45) is 5.92 Å². The van der Waals surface area contributed by atoms with Crippen molar-refractivity contribution in [3.05, 3.63) is 59.0 Å². The van der Waals surface area contributed by atoms with Gasteiger partial charge in [0.2, 0.25) is 11.7 Å². The summed E-state index contributed by atoms with van der Waals surface area (Å²) >= 11 is 0. The highest BCUT2D eigenvalue weighted by Gasteiger charge is 2.17. The van der Waals surface area contributed by atoms with Crippen LogP contribution in [0, 0.1) is 19.8 Å². The number of hydrogen-bond donors (Lipinski definition) is 3. The van der Waals surface area contributed by atoms with Crippen LogP contribution >= 0.6 is 0 Å². The molecule has 3 N–H and O–H groups in total. The second-order valence-electron chi connectivity index (χ2n) is 8.71. The fraction of sp³-hybridized carbons (Fsp3) is 0.320. The largest absolute Gasteiger partial charge is 0.465 e. The molecule has 2 heterocycles. The maximum atomic E-state index is 11.0. The van der Waals surface area contributed by atoms with E-state index in [2.05, 4.69) is 72.4 Å². The Labute approximate surface area is 186 Å². The van der Waals surface area contributed by atoms with Crippen LogP contribution in [0.25, 0.3) is 33.5 Å². The summed E-state index contributed by atoms with van der Waals surface area (Å²) < 4.78 is 5.42. The zero-order chi connectivity index (χ0) is 22.8. The average molecular weight is 433 g/mol. The molecule has 0 spiro atoms. The molecule has 166 valence electrons. The summed E-state index contributed by atoms with van der Waals surface area (Å²) in [5.74, 6) is 1.63. The minimum atomic E-state index is -1.03. The van der Waals surface area contributed by atoms with E-state index in [1.807, 2.05) is 12.1 Å². The van der Waals surface area contributed by atoms with E-state index in [4.69, 9.17) is 9.63 Å². The van der Waals surface area contributed by atoms with Crippen LogP contribution in [0.4, 0.5) is 4.79 Å². The summed E-state index contributed by atoms with van der Waals surface area (Å²) in [6.45, 7) is 8.70. The predicted octanol–water partition coefficient (Wildman–Crippen LogP) is 5.51. The zero-order valence-corrected chi connectivity index (χ0v) is 18.8. The first kappa shape index (κ1) is 21.6. The van der Waals surface area contributed by atoms with E-state index in [0.717, 1.165) is 39.7 Å². The Bertz CT molecular complexity index is 1250. The molecule has 32 heavy (non-hydrogen) atoms. The molecule has 0 aliphatic carbocycles. The minimum Gasteiger partial charge on any atom is -0.465 e. The molecule has 4 aromatic rings. The second-order valence-corrected chi connectivity index (χ2v) is 8.71. The molecule has 1 amide bonds. The Hall–Kier alpha value is -3.61. The number of nitrogens with one attached hydrogen (secondary N) is 2. The van der Waals surface area contributed by atoms with Crippen LogP contribution in [0.15, 0.2) is 40.9 Å². The van der Waals surface area contributed by atoms with Gasteiger partial charge in [0, 0.05) is 35.1 Å². The van der Waals surface area contributed by atoms with E-state index in [1.54, 1.807) is 0 Å². The Morgan fingerprint density at radius 1 is 1.12 bits per heavy atom. The molecule has 7 nitrogen and oxygen atoms in total. The van der Waals surface area contributed by atoms with E-state index in [9.17, 15) is 4.79 Å². The maximum absolute atomic E-state index is 11.0. The Morgan fingerprint density at radius 3 is 2.56 bits per heavy atom. The number of H-pyrrole nitrogens is 1. The van der Waals surface area contributed by atoms with Gasteiger partial charge in [0.05, 0.1) is 0 Å². The van der Waals surface area contributed by atoms with Gasteiger partial charge in [-0.05, 0) is 67.6 Å². The van der Waals surface area contributed by atoms with Gasteiger partial charge in [-0.25, -0.2) is 4.79 Å². The van der Waals surface area contributed by atoms with Gasteiger partial charge in [0.15, 0.2) is 0 Å². The molecular formula is C25H28N4O3. The first-order valence-corrected chi connectivity index (χ1v) is 10.8. The highest BCUT2D eigenvalue weighted by molar-refractivity contribution is 5.93. The van der Waals surface area contributed by atoms with Crippen molar-refractivity contribution in [2.45, 2.75) is 40.5 Å². The summed E-state index contributed by atoms with van der Waals surface area (Å²) in [5, 5.41) is 16.7. The van der Waals surface area contributed by atoms with Crippen LogP contribution in [-0.2, 0) is 12.8 Å². The van der Waals surface area contributed by atoms with Gasteiger partial charge in [-0.1, -0.05) is 36.2 Å². The van der Waals surface area contributed by atoms with Gasteiger partial charge in [-0.15, -0.1) is 0 Å². The molecule has 0 saturated heterocycles. The number of aromatic nitrogens is 3. The minimum absolute atomic E-state index is 0.324. The van der Waals surface area contributed by atoms with Gasteiger partial charge in [0.1, 0.15) is 0 Å². The normalized spacial score (nSPS) is 11.4. The van der Waals surface area contributed by atoms with Crippen molar-refractivity contribution in [3.63, 3.8) is 0 Å². The van der Waals surface area contributed by atoms with Crippen molar-refractivity contribution in [3.8, 4) is 22.6 Å². The van der Waals surface area contributed by atoms with Gasteiger partial charge < -0.3 is 19.9 Å². The van der Waals surface area contributed by atoms with Crippen LogP contribution in [0.5, 0.6) is 0 Å². The van der Waals surface area contributed by atoms with Crippen molar-refractivity contribution in [1.29, 1.82) is 0 Å². The molecule has 0 bridgehead atoms. The highest BCUT2D eigenvalue weighted by atomic mass is 16.5. The lowest BCUT2D eigenvalue weighted by atomic mass is 9.99. The van der Waals surface area contributed by atoms with Crippen molar-refractivity contribution in [1.82, 2.24) is 20.4 Å². The number of rotatable bonds is 7. The van der Waals surface area contributed by atoms with Gasteiger partial charge >= 0.3 is 6.09 Å². The molecule has 4 rings (SSSR count). The average Bonchev–Trinajstić information content (AvgIpc) is 3.31. The number of carboxylic acid groups (broad SMARTS) is 1. The molecule has 2 aromatic heterocycles. The van der Waals surface area contributed by atoms with Crippen molar-refractivity contribution < 1.29 is 14.4 Å². The third-order valence-corrected chi connectivity index (χ3v) is 5.38. The number of fused-ring (bicyclic) bond motifs is 1. The van der Waals surface area contributed by atoms with E-state index < -0.39 is 6.09 Å². The number of hydrogen-bond acceptors (Lipinski definition) is 4. The number of benzene rings is 2. The second kappa shape index (κ2) is 8.86. The van der Waals surface area contributed by atoms with Crippen molar-refractivity contribution in [2.75, 3.05) is 6.54 Å². The molecule has 2 aromatic carbocycles. The third-order valence-electron chi connectivity index (χ3n) is 5.38. The summed E-state index contributed by atoms with van der Waals surface area (Å²) in [7, 11) is 0. The van der Waals surface area contributed by atoms with Crippen LogP contribution < -0.4 is 5.32 Å². The van der Waals surface area contributed by atoms with Crippen LogP contribution in [0.3, 0.4) is 0 Å². The monoisotopic (exact) mass is 432 g/mol. The molecule has 0 saturated carbocycles. The predicted molar refractivity (Wildman–Crippen MR) is 125 cm³/mol. The van der Waals surface area contributed by atoms with Gasteiger partial charge in [0.25, 0.3) is 0 Å². The molecule has 0 radical (unpaired) electrons. The zero-order valence-electron chi connectivity index (χ0n) is 18.8. The van der Waals surface area contributed by atoms with E-state index in [0.29, 0.717) is 30.6 Å². The molecular weight excluding hydrogens is 404 g/mol. The fourth-order valence-corrected chi connectivity index (χ4v) is 4.11. The number of nitrogens with zero attached hydrogens (tertiary/aromatic N) is 2. The summed E-state index contributed by atoms with van der Waals surface area (Å²) in [4.78, 5) is 19.1. The smallest absolute Gasteiger partial charge is 0.404 e. The topological polar surface area (TPSA) is 104 Å². The summed E-state index contributed by atoms with van der Waals surface area (Å²) in [6, 6.07) is 12.5. The third kappa shape index (κ3) is 4.66. The van der Waals surface area contributed by atoms with Gasteiger partial charge in [-0.2, -0.15) is 4.98 Å². The number of aromatic amines is 1. The lowest BCUT2D eigenvalue weighted by Gasteiger charge is -2.08. The standard InChI is InChI=1S/C25H28N4O3/c1-14(2)9-22-28-24(29-32-22)17-5-6-21-20(13-17)19(7-8-26-25(30)31)23(27-21)18-11-15(3)10-16(4)12-18/h5-6,10-14,26-27H,7-9H2,1-4H3,(H,30,31). The van der Waals surface area contributed by atoms with Crippen molar-refractivity contribution >= 4 is 17.0 Å².